The van der Waals surface area contributed by atoms with E-state index in [0.29, 0.717) is 38.4 Å². The molecule has 2 aliphatic heterocycles. The first-order valence-electron chi connectivity index (χ1n) is 13.3. The number of anilines is 1. The Hall–Kier alpha value is -4.76. The molecule has 4 aromatic rings. The predicted molar refractivity (Wildman–Crippen MR) is 150 cm³/mol. The summed E-state index contributed by atoms with van der Waals surface area (Å²) in [5, 5.41) is 14.7. The maximum atomic E-state index is 13.3. The van der Waals surface area contributed by atoms with Gasteiger partial charge in [-0.25, -0.2) is 9.50 Å². The molecule has 0 spiro atoms. The van der Waals surface area contributed by atoms with Gasteiger partial charge in [0, 0.05) is 61.6 Å². The van der Waals surface area contributed by atoms with E-state index in [1.807, 2.05) is 0 Å². The molecule has 3 aromatic heterocycles. The highest BCUT2D eigenvalue weighted by atomic mass is 35.5. The Morgan fingerprint density at radius 3 is 2.84 bits per heavy atom. The first-order chi connectivity index (χ1) is 20.8. The first-order valence-corrected chi connectivity index (χ1v) is 13.7. The number of rotatable bonds is 9. The highest BCUT2D eigenvalue weighted by Crippen LogP contribution is 2.37. The second-order valence-electron chi connectivity index (χ2n) is 9.78. The normalized spacial score (nSPS) is 16.8. The maximum absolute atomic E-state index is 13.3. The average Bonchev–Trinajstić information content (AvgIpc) is 3.75. The van der Waals surface area contributed by atoms with Crippen molar-refractivity contribution in [3.63, 3.8) is 0 Å². The molecule has 1 unspecified atom stereocenters. The third-order valence-electron chi connectivity index (χ3n) is 6.99. The molecule has 0 bridgehead atoms. The molecule has 5 heterocycles. The van der Waals surface area contributed by atoms with Crippen LogP contribution in [0.25, 0.3) is 16.9 Å². The third kappa shape index (κ3) is 6.36. The number of carbonyl (C=O) groups is 2. The Morgan fingerprint density at radius 1 is 1.23 bits per heavy atom. The number of benzene rings is 1. The van der Waals surface area contributed by atoms with Gasteiger partial charge in [0.1, 0.15) is 29.8 Å². The highest BCUT2D eigenvalue weighted by Gasteiger charge is 2.26. The van der Waals surface area contributed by atoms with Crippen molar-refractivity contribution in [3.05, 3.63) is 72.1 Å². The minimum absolute atomic E-state index is 0.0891. The number of aromatic nitrogens is 5. The molecule has 0 aliphatic carbocycles. The lowest BCUT2D eigenvalue weighted by Crippen LogP contribution is -2.52. The molecule has 224 valence electrons. The van der Waals surface area contributed by atoms with Crippen LogP contribution >= 0.6 is 11.6 Å². The lowest BCUT2D eigenvalue weighted by molar-refractivity contribution is -0.134. The summed E-state index contributed by atoms with van der Waals surface area (Å²) in [5.74, 6) is -0.951. The standard InChI is InChI=1S/C27H26ClF2N9O4/c28-17-2-3-21(43-27(29)30)18(12-17)24-20(34-26(41)19-13-33-39-6-1-4-32-25(19)39)14-38(35-24)16-23(40)37-9-7-36(8-10-37)15-22-31-5-11-42-22/h1-6,11-14,22,27,31H,7-10,15-16H2,(H,34,41). The van der Waals surface area contributed by atoms with Crippen molar-refractivity contribution >= 4 is 34.7 Å². The molecule has 2 N–H and O–H groups in total. The molecule has 2 amide bonds. The molecule has 1 saturated heterocycles. The van der Waals surface area contributed by atoms with Crippen LogP contribution in [0.4, 0.5) is 14.5 Å². The summed E-state index contributed by atoms with van der Waals surface area (Å²) < 4.78 is 39.5. The molecular formula is C27H26ClF2N9O4. The van der Waals surface area contributed by atoms with E-state index < -0.39 is 12.5 Å². The third-order valence-corrected chi connectivity index (χ3v) is 7.22. The van der Waals surface area contributed by atoms with Crippen LogP contribution in [0.2, 0.25) is 5.02 Å². The Bertz CT molecular complexity index is 1660. The van der Waals surface area contributed by atoms with Gasteiger partial charge in [0.25, 0.3) is 5.91 Å². The van der Waals surface area contributed by atoms with Crippen molar-refractivity contribution in [3.8, 4) is 17.0 Å². The predicted octanol–water partition coefficient (Wildman–Crippen LogP) is 2.66. The number of halogens is 3. The van der Waals surface area contributed by atoms with E-state index in [1.165, 1.54) is 46.0 Å². The number of amides is 2. The lowest BCUT2D eigenvalue weighted by atomic mass is 10.1. The van der Waals surface area contributed by atoms with Gasteiger partial charge in [-0.2, -0.15) is 19.0 Å². The SMILES string of the molecule is O=C(Nc1cn(CC(=O)N2CCN(CC3NC=CO3)CC2)nc1-c1cc(Cl)ccc1OC(F)F)c1cnn2cccnc12. The fourth-order valence-corrected chi connectivity index (χ4v) is 5.10. The zero-order valence-electron chi connectivity index (χ0n) is 22.6. The smallest absolute Gasteiger partial charge is 0.387 e. The summed E-state index contributed by atoms with van der Waals surface area (Å²) in [6, 6.07) is 5.76. The fourth-order valence-electron chi connectivity index (χ4n) is 4.92. The lowest BCUT2D eigenvalue weighted by Gasteiger charge is -2.35. The summed E-state index contributed by atoms with van der Waals surface area (Å²) >= 11 is 6.20. The van der Waals surface area contributed by atoms with Crippen molar-refractivity contribution in [1.82, 2.24) is 39.5 Å². The summed E-state index contributed by atoms with van der Waals surface area (Å²) in [6.45, 7) is -0.210. The number of ether oxygens (including phenoxy) is 2. The van der Waals surface area contributed by atoms with Crippen molar-refractivity contribution in [2.45, 2.75) is 19.4 Å². The van der Waals surface area contributed by atoms with E-state index >= 15 is 0 Å². The number of carbonyl (C=O) groups excluding carboxylic acids is 2. The monoisotopic (exact) mass is 613 g/mol. The van der Waals surface area contributed by atoms with E-state index in [1.54, 1.807) is 29.6 Å². The molecule has 2 aliphatic rings. The molecule has 1 atom stereocenters. The highest BCUT2D eigenvalue weighted by molar-refractivity contribution is 6.31. The zero-order valence-corrected chi connectivity index (χ0v) is 23.3. The van der Waals surface area contributed by atoms with E-state index in [9.17, 15) is 18.4 Å². The molecule has 13 nitrogen and oxygen atoms in total. The Labute approximate surface area is 248 Å². The summed E-state index contributed by atoms with van der Waals surface area (Å²) in [6.07, 6.45) is 9.25. The number of nitrogens with zero attached hydrogens (tertiary/aromatic N) is 7. The van der Waals surface area contributed by atoms with Crippen LogP contribution in [0.1, 0.15) is 10.4 Å². The number of hydrogen-bond donors (Lipinski definition) is 2. The molecular weight excluding hydrogens is 588 g/mol. The van der Waals surface area contributed by atoms with Gasteiger partial charge in [-0.15, -0.1) is 0 Å². The molecule has 16 heteroatoms. The number of alkyl halides is 2. The van der Waals surface area contributed by atoms with Crippen molar-refractivity contribution < 1.29 is 27.8 Å². The second-order valence-corrected chi connectivity index (χ2v) is 10.2. The topological polar surface area (TPSA) is 131 Å². The maximum Gasteiger partial charge on any atom is 0.387 e. The van der Waals surface area contributed by atoms with Gasteiger partial charge in [-0.3, -0.25) is 19.2 Å². The minimum atomic E-state index is -3.11. The van der Waals surface area contributed by atoms with Crippen LogP contribution in [0.5, 0.6) is 5.75 Å². The van der Waals surface area contributed by atoms with Gasteiger partial charge in [0.15, 0.2) is 11.9 Å². The largest absolute Gasteiger partial charge is 0.475 e. The molecule has 1 fully saturated rings. The van der Waals surface area contributed by atoms with Gasteiger partial charge < -0.3 is 25.0 Å². The Balaban J connectivity index is 1.24. The van der Waals surface area contributed by atoms with Crippen LogP contribution in [-0.4, -0.2) is 91.6 Å². The van der Waals surface area contributed by atoms with Crippen molar-refractivity contribution in [2.75, 3.05) is 38.0 Å². The van der Waals surface area contributed by atoms with Gasteiger partial charge in [-0.1, -0.05) is 11.6 Å². The molecule has 0 saturated carbocycles. The molecule has 6 rings (SSSR count). The zero-order chi connectivity index (χ0) is 29.9. The van der Waals surface area contributed by atoms with Crippen LogP contribution in [0, 0.1) is 0 Å². The fraction of sp³-hybridized carbons (Fsp3) is 0.296. The summed E-state index contributed by atoms with van der Waals surface area (Å²) in [5.41, 5.74) is 0.845. The minimum Gasteiger partial charge on any atom is -0.475 e. The van der Waals surface area contributed by atoms with E-state index in [-0.39, 0.29) is 52.0 Å². The summed E-state index contributed by atoms with van der Waals surface area (Å²) in [4.78, 5) is 34.7. The number of nitrogens with one attached hydrogen (secondary N) is 2. The summed E-state index contributed by atoms with van der Waals surface area (Å²) in [7, 11) is 0. The van der Waals surface area contributed by atoms with Gasteiger partial charge in [-0.05, 0) is 24.3 Å². The van der Waals surface area contributed by atoms with E-state index in [2.05, 4.69) is 30.7 Å². The van der Waals surface area contributed by atoms with Gasteiger partial charge >= 0.3 is 6.61 Å². The number of fused-ring (bicyclic) bond motifs is 1. The average molecular weight is 614 g/mol. The van der Waals surface area contributed by atoms with Gasteiger partial charge in [0.2, 0.25) is 5.91 Å². The molecule has 43 heavy (non-hydrogen) atoms. The second kappa shape index (κ2) is 12.2. The quantitative estimate of drug-likeness (QED) is 0.292. The van der Waals surface area contributed by atoms with Gasteiger partial charge in [0.05, 0.1) is 18.4 Å². The van der Waals surface area contributed by atoms with E-state index in [0.717, 1.165) is 0 Å². The van der Waals surface area contributed by atoms with Crippen LogP contribution in [-0.2, 0) is 16.1 Å². The Kier molecular flexibility index (Phi) is 8.07. The van der Waals surface area contributed by atoms with E-state index in [4.69, 9.17) is 21.1 Å². The number of piperazine rings is 1. The van der Waals surface area contributed by atoms with Crippen LogP contribution < -0.4 is 15.4 Å². The molecule has 0 radical (unpaired) electrons. The van der Waals surface area contributed by atoms with Crippen molar-refractivity contribution in [2.24, 2.45) is 0 Å². The Morgan fingerprint density at radius 2 is 2.07 bits per heavy atom. The van der Waals surface area contributed by atoms with Crippen LogP contribution in [0.3, 0.4) is 0 Å². The van der Waals surface area contributed by atoms with Crippen molar-refractivity contribution in [1.29, 1.82) is 0 Å². The first kappa shape index (κ1) is 28.4. The number of hydrogen-bond acceptors (Lipinski definition) is 9. The molecule has 1 aromatic carbocycles. The van der Waals surface area contributed by atoms with Crippen LogP contribution in [0.15, 0.2) is 61.5 Å².